The third-order valence-corrected chi connectivity index (χ3v) is 1.95. The first kappa shape index (κ1) is 11.7. The molecule has 0 radical (unpaired) electrons. The fourth-order valence-corrected chi connectivity index (χ4v) is 1.03. The van der Waals surface area contributed by atoms with E-state index in [1.54, 1.807) is 0 Å². The Labute approximate surface area is 76.8 Å². The van der Waals surface area contributed by atoms with Crippen molar-refractivity contribution in [3.8, 4) is 0 Å². The fourth-order valence-electron chi connectivity index (χ4n) is 1.03. The molecule has 0 fully saturated rings. The summed E-state index contributed by atoms with van der Waals surface area (Å²) >= 11 is 0. The Morgan fingerprint density at radius 2 is 2.08 bits per heavy atom. The Kier molecular flexibility index (Phi) is 8.57. The summed E-state index contributed by atoms with van der Waals surface area (Å²) in [4.78, 5) is 0. The van der Waals surface area contributed by atoms with E-state index in [-0.39, 0.29) is 0 Å². The Balaban J connectivity index is 2.95. The molecule has 1 unspecified atom stereocenters. The second-order valence-electron chi connectivity index (χ2n) is 3.32. The topological polar surface area (TPSA) is 9.23 Å². The maximum absolute atomic E-state index is 5.37. The lowest BCUT2D eigenvalue weighted by molar-refractivity contribution is 0.130. The smallest absolute Gasteiger partial charge is 0.0466 e. The fraction of sp³-hybridized carbons (Fsp3) is 0.818. The molecular formula is C11H22O. The van der Waals surface area contributed by atoms with Gasteiger partial charge in [-0.05, 0) is 25.2 Å². The summed E-state index contributed by atoms with van der Waals surface area (Å²) in [6.07, 6.45) is 6.85. The monoisotopic (exact) mass is 170 g/mol. The minimum Gasteiger partial charge on any atom is -0.381 e. The molecule has 0 aromatic heterocycles. The molecule has 0 saturated heterocycles. The summed E-state index contributed by atoms with van der Waals surface area (Å²) in [7, 11) is 0. The van der Waals surface area contributed by atoms with Crippen LogP contribution in [0.2, 0.25) is 0 Å². The molecule has 0 amide bonds. The molecule has 0 aliphatic heterocycles. The summed E-state index contributed by atoms with van der Waals surface area (Å²) in [5.74, 6) is 0.663. The Bertz CT molecular complexity index is 99.2. The van der Waals surface area contributed by atoms with Crippen molar-refractivity contribution >= 4 is 0 Å². The molecule has 12 heavy (non-hydrogen) atoms. The lowest BCUT2D eigenvalue weighted by Gasteiger charge is -2.05. The molecule has 0 saturated carbocycles. The lowest BCUT2D eigenvalue weighted by atomic mass is 10.1. The van der Waals surface area contributed by atoms with Gasteiger partial charge in [0.25, 0.3) is 0 Å². The number of allylic oxidation sites excluding steroid dienone is 1. The van der Waals surface area contributed by atoms with Gasteiger partial charge in [0.15, 0.2) is 0 Å². The van der Waals surface area contributed by atoms with Crippen molar-refractivity contribution in [3.05, 3.63) is 12.7 Å². The number of hydrogen-bond acceptors (Lipinski definition) is 1. The van der Waals surface area contributed by atoms with Gasteiger partial charge in [-0.2, -0.15) is 0 Å². The van der Waals surface area contributed by atoms with Gasteiger partial charge in [-0.15, -0.1) is 6.58 Å². The number of rotatable bonds is 8. The Hall–Kier alpha value is -0.300. The summed E-state index contributed by atoms with van der Waals surface area (Å²) in [6.45, 7) is 9.95. The van der Waals surface area contributed by atoms with Crippen LogP contribution < -0.4 is 0 Å². The minimum atomic E-state index is 0.663. The Morgan fingerprint density at radius 3 is 2.67 bits per heavy atom. The highest BCUT2D eigenvalue weighted by Gasteiger charge is 1.95. The normalized spacial score (nSPS) is 12.8. The first-order chi connectivity index (χ1) is 5.81. The van der Waals surface area contributed by atoms with E-state index in [0.717, 1.165) is 19.6 Å². The molecule has 0 heterocycles. The van der Waals surface area contributed by atoms with Crippen molar-refractivity contribution in [3.63, 3.8) is 0 Å². The first-order valence-corrected chi connectivity index (χ1v) is 5.01. The van der Waals surface area contributed by atoms with Crippen LogP contribution in [0.5, 0.6) is 0 Å². The first-order valence-electron chi connectivity index (χ1n) is 5.01. The van der Waals surface area contributed by atoms with E-state index in [2.05, 4.69) is 20.4 Å². The molecule has 0 bridgehead atoms. The number of hydrogen-bond donors (Lipinski definition) is 0. The molecule has 1 heteroatoms. The van der Waals surface area contributed by atoms with Gasteiger partial charge in [-0.25, -0.2) is 0 Å². The summed E-state index contributed by atoms with van der Waals surface area (Å²) in [5, 5.41) is 0. The van der Waals surface area contributed by atoms with Crippen LogP contribution >= 0.6 is 0 Å². The maximum Gasteiger partial charge on any atom is 0.0466 e. The second kappa shape index (κ2) is 8.79. The number of unbranched alkanes of at least 4 members (excludes halogenated alkanes) is 1. The molecule has 1 atom stereocenters. The van der Waals surface area contributed by atoms with E-state index in [1.807, 2.05) is 6.08 Å². The van der Waals surface area contributed by atoms with Gasteiger partial charge in [0, 0.05) is 13.2 Å². The highest BCUT2D eigenvalue weighted by molar-refractivity contribution is 4.74. The molecule has 0 N–H and O–H groups in total. The third kappa shape index (κ3) is 7.80. The predicted molar refractivity (Wildman–Crippen MR) is 54.3 cm³/mol. The molecule has 0 spiro atoms. The van der Waals surface area contributed by atoms with Crippen molar-refractivity contribution in [1.82, 2.24) is 0 Å². The maximum atomic E-state index is 5.37. The van der Waals surface area contributed by atoms with Crippen LogP contribution in [0.1, 0.15) is 39.5 Å². The van der Waals surface area contributed by atoms with E-state index in [4.69, 9.17) is 4.74 Å². The zero-order valence-corrected chi connectivity index (χ0v) is 8.51. The molecule has 72 valence electrons. The van der Waals surface area contributed by atoms with Gasteiger partial charge in [0.2, 0.25) is 0 Å². The highest BCUT2D eigenvalue weighted by atomic mass is 16.5. The van der Waals surface area contributed by atoms with E-state index >= 15 is 0 Å². The largest absolute Gasteiger partial charge is 0.381 e. The van der Waals surface area contributed by atoms with Crippen LogP contribution in [0.15, 0.2) is 12.7 Å². The van der Waals surface area contributed by atoms with Gasteiger partial charge in [0.05, 0.1) is 0 Å². The predicted octanol–water partition coefficient (Wildman–Crippen LogP) is 3.41. The molecule has 0 aromatic carbocycles. The van der Waals surface area contributed by atoms with Crippen molar-refractivity contribution in [1.29, 1.82) is 0 Å². The van der Waals surface area contributed by atoms with Crippen LogP contribution in [0.25, 0.3) is 0 Å². The minimum absolute atomic E-state index is 0.663. The van der Waals surface area contributed by atoms with Gasteiger partial charge in [-0.3, -0.25) is 0 Å². The van der Waals surface area contributed by atoms with E-state index < -0.39 is 0 Å². The molecule has 0 rings (SSSR count). The van der Waals surface area contributed by atoms with Gasteiger partial charge >= 0.3 is 0 Å². The van der Waals surface area contributed by atoms with Crippen LogP contribution in [0.4, 0.5) is 0 Å². The SMILES string of the molecule is C=CC(C)CCCCOCCC. The lowest BCUT2D eigenvalue weighted by Crippen LogP contribution is -1.97. The average Bonchev–Trinajstić information content (AvgIpc) is 2.10. The van der Waals surface area contributed by atoms with Crippen molar-refractivity contribution < 1.29 is 4.74 Å². The molecule has 0 aromatic rings. The molecule has 1 nitrogen and oxygen atoms in total. The zero-order valence-electron chi connectivity index (χ0n) is 8.51. The van der Waals surface area contributed by atoms with E-state index in [1.165, 1.54) is 19.3 Å². The van der Waals surface area contributed by atoms with E-state index in [9.17, 15) is 0 Å². The summed E-state index contributed by atoms with van der Waals surface area (Å²) in [6, 6.07) is 0. The zero-order chi connectivity index (χ0) is 9.23. The number of ether oxygens (including phenoxy) is 1. The molecule has 0 aliphatic rings. The standard InChI is InChI=1S/C11H22O/c1-4-9-12-10-7-6-8-11(3)5-2/h5,11H,2,4,6-10H2,1,3H3. The van der Waals surface area contributed by atoms with E-state index in [0.29, 0.717) is 5.92 Å². The molecule has 0 aliphatic carbocycles. The third-order valence-electron chi connectivity index (χ3n) is 1.95. The van der Waals surface area contributed by atoms with Crippen molar-refractivity contribution in [2.75, 3.05) is 13.2 Å². The summed E-state index contributed by atoms with van der Waals surface area (Å²) < 4.78 is 5.37. The van der Waals surface area contributed by atoms with Crippen LogP contribution in [-0.4, -0.2) is 13.2 Å². The quantitative estimate of drug-likeness (QED) is 0.401. The van der Waals surface area contributed by atoms with Gasteiger partial charge in [0.1, 0.15) is 0 Å². The molecular weight excluding hydrogens is 148 g/mol. The Morgan fingerprint density at radius 1 is 1.33 bits per heavy atom. The van der Waals surface area contributed by atoms with Crippen LogP contribution in [-0.2, 0) is 4.74 Å². The van der Waals surface area contributed by atoms with Gasteiger partial charge in [-0.1, -0.05) is 26.3 Å². The highest BCUT2D eigenvalue weighted by Crippen LogP contribution is 2.07. The second-order valence-corrected chi connectivity index (χ2v) is 3.32. The van der Waals surface area contributed by atoms with Crippen LogP contribution in [0, 0.1) is 5.92 Å². The van der Waals surface area contributed by atoms with Crippen molar-refractivity contribution in [2.24, 2.45) is 5.92 Å². The van der Waals surface area contributed by atoms with Crippen molar-refractivity contribution in [2.45, 2.75) is 39.5 Å². The summed E-state index contributed by atoms with van der Waals surface area (Å²) in [5.41, 5.74) is 0. The van der Waals surface area contributed by atoms with Crippen LogP contribution in [0.3, 0.4) is 0 Å². The van der Waals surface area contributed by atoms with Gasteiger partial charge < -0.3 is 4.74 Å². The average molecular weight is 170 g/mol.